The Labute approximate surface area is 105 Å². The van der Waals surface area contributed by atoms with Crippen molar-refractivity contribution in [2.24, 2.45) is 5.41 Å². The van der Waals surface area contributed by atoms with Gasteiger partial charge in [-0.2, -0.15) is 0 Å². The van der Waals surface area contributed by atoms with Crippen molar-refractivity contribution in [3.05, 3.63) is 0 Å². The van der Waals surface area contributed by atoms with E-state index in [1.165, 1.54) is 51.4 Å². The zero-order chi connectivity index (χ0) is 12.0. The summed E-state index contributed by atoms with van der Waals surface area (Å²) in [5.74, 6) is 0. The van der Waals surface area contributed by atoms with Gasteiger partial charge in [-0.3, -0.25) is 0 Å². The molecule has 0 aromatic carbocycles. The second-order valence-electron chi connectivity index (χ2n) is 7.47. The number of rotatable bonds is 0. The zero-order valence-electron chi connectivity index (χ0n) is 11.5. The number of hydrogen-bond donors (Lipinski definition) is 1. The van der Waals surface area contributed by atoms with E-state index in [0.29, 0.717) is 5.41 Å². The summed E-state index contributed by atoms with van der Waals surface area (Å²) in [5, 5.41) is 3.69. The molecular formula is C15H27NO. The lowest BCUT2D eigenvalue weighted by molar-refractivity contribution is -0.190. The molecule has 2 heteroatoms. The van der Waals surface area contributed by atoms with Crippen molar-refractivity contribution in [2.75, 3.05) is 13.1 Å². The highest BCUT2D eigenvalue weighted by Crippen LogP contribution is 2.50. The molecule has 0 aromatic rings. The first-order valence-electron chi connectivity index (χ1n) is 7.44. The zero-order valence-corrected chi connectivity index (χ0v) is 11.5. The fraction of sp³-hybridized carbons (Fsp3) is 1.00. The largest absolute Gasteiger partial charge is 0.366 e. The highest BCUT2D eigenvalue weighted by molar-refractivity contribution is 5.03. The Bertz CT molecular complexity index is 288. The van der Waals surface area contributed by atoms with Crippen LogP contribution in [0.1, 0.15) is 65.2 Å². The van der Waals surface area contributed by atoms with Crippen molar-refractivity contribution in [1.82, 2.24) is 5.32 Å². The highest BCUT2D eigenvalue weighted by atomic mass is 16.5. The SMILES string of the molecule is CC1(C)CCC2(CNCC3(CCCCC3)O2)C1. The minimum atomic E-state index is 0.166. The van der Waals surface area contributed by atoms with Crippen LogP contribution in [0, 0.1) is 5.41 Å². The molecule has 17 heavy (non-hydrogen) atoms. The summed E-state index contributed by atoms with van der Waals surface area (Å²) in [7, 11) is 0. The Kier molecular flexibility index (Phi) is 2.79. The summed E-state index contributed by atoms with van der Waals surface area (Å²) in [5.41, 5.74) is 0.838. The Hall–Kier alpha value is -0.0800. The van der Waals surface area contributed by atoms with Gasteiger partial charge in [-0.25, -0.2) is 0 Å². The van der Waals surface area contributed by atoms with Crippen LogP contribution in [0.2, 0.25) is 0 Å². The van der Waals surface area contributed by atoms with Crippen LogP contribution >= 0.6 is 0 Å². The van der Waals surface area contributed by atoms with Crippen LogP contribution in [0.5, 0.6) is 0 Å². The van der Waals surface area contributed by atoms with Gasteiger partial charge < -0.3 is 10.1 Å². The van der Waals surface area contributed by atoms with Crippen molar-refractivity contribution >= 4 is 0 Å². The van der Waals surface area contributed by atoms with Gasteiger partial charge in [0.1, 0.15) is 0 Å². The van der Waals surface area contributed by atoms with Gasteiger partial charge in [-0.05, 0) is 37.5 Å². The van der Waals surface area contributed by atoms with Crippen LogP contribution in [0.15, 0.2) is 0 Å². The molecule has 1 unspecified atom stereocenters. The second kappa shape index (κ2) is 3.96. The number of ether oxygens (including phenoxy) is 1. The first kappa shape index (κ1) is 12.0. The third-order valence-electron chi connectivity index (χ3n) is 5.15. The molecule has 1 atom stereocenters. The molecule has 98 valence electrons. The molecule has 3 aliphatic rings. The van der Waals surface area contributed by atoms with E-state index in [2.05, 4.69) is 19.2 Å². The van der Waals surface area contributed by atoms with Crippen LogP contribution in [0.4, 0.5) is 0 Å². The molecule has 2 saturated carbocycles. The lowest BCUT2D eigenvalue weighted by Gasteiger charge is -2.49. The molecule has 1 saturated heterocycles. The van der Waals surface area contributed by atoms with E-state index in [1.54, 1.807) is 0 Å². The molecule has 1 N–H and O–H groups in total. The quantitative estimate of drug-likeness (QED) is 0.698. The van der Waals surface area contributed by atoms with Gasteiger partial charge in [-0.15, -0.1) is 0 Å². The molecule has 0 radical (unpaired) electrons. The Morgan fingerprint density at radius 3 is 2.18 bits per heavy atom. The summed E-state index contributed by atoms with van der Waals surface area (Å²) in [4.78, 5) is 0. The average Bonchev–Trinajstić information content (AvgIpc) is 2.55. The van der Waals surface area contributed by atoms with Crippen molar-refractivity contribution in [2.45, 2.75) is 76.4 Å². The monoisotopic (exact) mass is 237 g/mol. The van der Waals surface area contributed by atoms with E-state index in [-0.39, 0.29) is 11.2 Å². The van der Waals surface area contributed by atoms with E-state index in [1.807, 2.05) is 0 Å². The van der Waals surface area contributed by atoms with Crippen molar-refractivity contribution in [3.63, 3.8) is 0 Å². The topological polar surface area (TPSA) is 21.3 Å². The van der Waals surface area contributed by atoms with E-state index < -0.39 is 0 Å². The van der Waals surface area contributed by atoms with Gasteiger partial charge >= 0.3 is 0 Å². The second-order valence-corrected chi connectivity index (χ2v) is 7.47. The summed E-state index contributed by atoms with van der Waals surface area (Å²) >= 11 is 0. The van der Waals surface area contributed by atoms with E-state index in [4.69, 9.17) is 4.74 Å². The van der Waals surface area contributed by atoms with Crippen LogP contribution in [-0.4, -0.2) is 24.3 Å². The highest BCUT2D eigenvalue weighted by Gasteiger charge is 2.51. The van der Waals surface area contributed by atoms with Crippen LogP contribution in [0.25, 0.3) is 0 Å². The van der Waals surface area contributed by atoms with Crippen LogP contribution < -0.4 is 5.32 Å². The predicted octanol–water partition coefficient (Wildman–Crippen LogP) is 3.26. The van der Waals surface area contributed by atoms with Crippen LogP contribution in [-0.2, 0) is 4.74 Å². The average molecular weight is 237 g/mol. The molecule has 0 amide bonds. The lowest BCUT2D eigenvalue weighted by atomic mass is 9.81. The van der Waals surface area contributed by atoms with Gasteiger partial charge in [0.15, 0.2) is 0 Å². The summed E-state index contributed by atoms with van der Waals surface area (Å²) in [6, 6.07) is 0. The minimum absolute atomic E-state index is 0.166. The molecule has 2 aliphatic carbocycles. The molecule has 3 rings (SSSR count). The van der Waals surface area contributed by atoms with Crippen LogP contribution in [0.3, 0.4) is 0 Å². The first-order chi connectivity index (χ1) is 8.04. The van der Waals surface area contributed by atoms with E-state index >= 15 is 0 Å². The summed E-state index contributed by atoms with van der Waals surface area (Å²) in [6.45, 7) is 6.97. The number of hydrogen-bond acceptors (Lipinski definition) is 2. The molecule has 2 spiro atoms. The number of morpholine rings is 1. The minimum Gasteiger partial charge on any atom is -0.366 e. The molecular weight excluding hydrogens is 210 g/mol. The first-order valence-corrected chi connectivity index (χ1v) is 7.44. The van der Waals surface area contributed by atoms with E-state index in [0.717, 1.165) is 13.1 Å². The Balaban J connectivity index is 1.75. The third-order valence-corrected chi connectivity index (χ3v) is 5.15. The maximum Gasteiger partial charge on any atom is 0.0819 e. The van der Waals surface area contributed by atoms with Crippen molar-refractivity contribution in [1.29, 1.82) is 0 Å². The summed E-state index contributed by atoms with van der Waals surface area (Å²) in [6.07, 6.45) is 10.5. The number of nitrogens with one attached hydrogen (secondary N) is 1. The molecule has 0 aromatic heterocycles. The summed E-state index contributed by atoms with van der Waals surface area (Å²) < 4.78 is 6.74. The van der Waals surface area contributed by atoms with Gasteiger partial charge in [0.05, 0.1) is 11.2 Å². The smallest absolute Gasteiger partial charge is 0.0819 e. The third kappa shape index (κ3) is 2.26. The maximum atomic E-state index is 6.74. The van der Waals surface area contributed by atoms with Gasteiger partial charge in [-0.1, -0.05) is 33.1 Å². The fourth-order valence-electron chi connectivity index (χ4n) is 4.38. The van der Waals surface area contributed by atoms with Gasteiger partial charge in [0.2, 0.25) is 0 Å². The van der Waals surface area contributed by atoms with Crippen molar-refractivity contribution in [3.8, 4) is 0 Å². The standard InChI is InChI=1S/C15H27NO/c1-13(2)8-9-15(10-13)12-16-11-14(17-15)6-4-3-5-7-14/h16H,3-12H2,1-2H3. The molecule has 1 heterocycles. The normalized spacial score (nSPS) is 39.9. The molecule has 0 bridgehead atoms. The molecule has 1 aliphatic heterocycles. The molecule has 3 fully saturated rings. The lowest BCUT2D eigenvalue weighted by Crippen LogP contribution is -2.60. The molecule has 2 nitrogen and oxygen atoms in total. The Morgan fingerprint density at radius 1 is 0.824 bits per heavy atom. The maximum absolute atomic E-state index is 6.74. The van der Waals surface area contributed by atoms with Gasteiger partial charge in [0, 0.05) is 13.1 Å². The predicted molar refractivity (Wildman–Crippen MR) is 70.1 cm³/mol. The Morgan fingerprint density at radius 2 is 1.53 bits per heavy atom. The van der Waals surface area contributed by atoms with Gasteiger partial charge in [0.25, 0.3) is 0 Å². The van der Waals surface area contributed by atoms with E-state index in [9.17, 15) is 0 Å². The fourth-order valence-corrected chi connectivity index (χ4v) is 4.38. The van der Waals surface area contributed by atoms with Crippen molar-refractivity contribution < 1.29 is 4.74 Å².